The molecule has 2 rings (SSSR count). The second kappa shape index (κ2) is 6.73. The van der Waals surface area contributed by atoms with Crippen LogP contribution in [0.5, 0.6) is 0 Å². The Morgan fingerprint density at radius 2 is 2.05 bits per heavy atom. The van der Waals surface area contributed by atoms with Gasteiger partial charge in [0.2, 0.25) is 0 Å². The van der Waals surface area contributed by atoms with Crippen molar-refractivity contribution in [2.24, 2.45) is 7.05 Å². The van der Waals surface area contributed by atoms with Gasteiger partial charge in [-0.25, -0.2) is 0 Å². The van der Waals surface area contributed by atoms with Crippen molar-refractivity contribution in [3.63, 3.8) is 0 Å². The van der Waals surface area contributed by atoms with Gasteiger partial charge in [0.05, 0.1) is 0 Å². The highest BCUT2D eigenvalue weighted by Gasteiger charge is 2.20. The first-order valence-electron chi connectivity index (χ1n) is 6.51. The molecule has 1 N–H and O–H groups in total. The van der Waals surface area contributed by atoms with Crippen LogP contribution in [0.1, 0.15) is 25.5 Å². The van der Waals surface area contributed by atoms with Gasteiger partial charge in [0.25, 0.3) is 0 Å². The summed E-state index contributed by atoms with van der Waals surface area (Å²) >= 11 is 1.75. The minimum Gasteiger partial charge on any atom is -0.312 e. The van der Waals surface area contributed by atoms with Crippen LogP contribution in [0, 0.1) is 0 Å². The fourth-order valence-electron chi connectivity index (χ4n) is 2.05. The zero-order valence-electron chi connectivity index (χ0n) is 11.6. The van der Waals surface area contributed by atoms with Crippen molar-refractivity contribution in [3.8, 4) is 0 Å². The molecule has 0 bridgehead atoms. The first kappa shape index (κ1) is 14.1. The Morgan fingerprint density at radius 1 is 1.32 bits per heavy atom. The van der Waals surface area contributed by atoms with Gasteiger partial charge in [0, 0.05) is 18.3 Å². The highest BCUT2D eigenvalue weighted by Crippen LogP contribution is 2.30. The Hall–Kier alpha value is -1.33. The minimum atomic E-state index is 0.313. The average Bonchev–Trinajstić information content (AvgIpc) is 2.82. The van der Waals surface area contributed by atoms with E-state index in [0.717, 1.165) is 11.7 Å². The summed E-state index contributed by atoms with van der Waals surface area (Å²) in [5.41, 5.74) is 1.31. The zero-order valence-corrected chi connectivity index (χ0v) is 12.4. The molecule has 0 amide bonds. The third-order valence-electron chi connectivity index (χ3n) is 3.01. The van der Waals surface area contributed by atoms with Crippen molar-refractivity contribution in [1.82, 2.24) is 20.1 Å². The van der Waals surface area contributed by atoms with E-state index in [2.05, 4.69) is 53.6 Å². The normalized spacial score (nSPS) is 14.3. The monoisotopic (exact) mass is 276 g/mol. The highest BCUT2D eigenvalue weighted by atomic mass is 32.2. The Bertz CT molecular complexity index is 497. The van der Waals surface area contributed by atoms with E-state index in [1.165, 1.54) is 5.56 Å². The quantitative estimate of drug-likeness (QED) is 0.824. The van der Waals surface area contributed by atoms with Gasteiger partial charge in [-0.3, -0.25) is 0 Å². The number of thioether (sulfide) groups is 1. The zero-order chi connectivity index (χ0) is 13.7. The van der Waals surface area contributed by atoms with Gasteiger partial charge in [-0.05, 0) is 12.1 Å². The molecule has 19 heavy (non-hydrogen) atoms. The van der Waals surface area contributed by atoms with Crippen LogP contribution in [0.25, 0.3) is 0 Å². The summed E-state index contributed by atoms with van der Waals surface area (Å²) in [5.74, 6) is 0. The summed E-state index contributed by atoms with van der Waals surface area (Å²) in [6.45, 7) is 5.30. The van der Waals surface area contributed by atoms with Crippen molar-refractivity contribution >= 4 is 11.8 Å². The molecule has 0 fully saturated rings. The van der Waals surface area contributed by atoms with Gasteiger partial charge in [-0.2, -0.15) is 0 Å². The lowest BCUT2D eigenvalue weighted by atomic mass is 10.0. The third-order valence-corrected chi connectivity index (χ3v) is 4.24. The van der Waals surface area contributed by atoms with Crippen molar-refractivity contribution in [2.75, 3.05) is 6.54 Å². The van der Waals surface area contributed by atoms with E-state index in [1.54, 1.807) is 18.1 Å². The maximum atomic E-state index is 4.14. The highest BCUT2D eigenvalue weighted by molar-refractivity contribution is 7.99. The number of benzene rings is 1. The van der Waals surface area contributed by atoms with Crippen molar-refractivity contribution in [1.29, 1.82) is 0 Å². The fourth-order valence-corrected chi connectivity index (χ4v) is 3.08. The molecule has 0 radical (unpaired) electrons. The van der Waals surface area contributed by atoms with Crippen LogP contribution < -0.4 is 5.32 Å². The predicted octanol–water partition coefficient (Wildman–Crippen LogP) is 2.65. The fraction of sp³-hybridized carbons (Fsp3) is 0.429. The van der Waals surface area contributed by atoms with Crippen LogP contribution in [0.15, 0.2) is 41.8 Å². The number of nitrogens with one attached hydrogen (secondary N) is 1. The molecular formula is C14H20N4S. The summed E-state index contributed by atoms with van der Waals surface area (Å²) in [5, 5.41) is 12.9. The van der Waals surface area contributed by atoms with Gasteiger partial charge in [0.1, 0.15) is 6.33 Å². The lowest BCUT2D eigenvalue weighted by molar-refractivity contribution is 0.546. The van der Waals surface area contributed by atoms with Gasteiger partial charge in [-0.15, -0.1) is 10.2 Å². The van der Waals surface area contributed by atoms with E-state index in [1.807, 2.05) is 17.7 Å². The van der Waals surface area contributed by atoms with Gasteiger partial charge < -0.3 is 9.88 Å². The predicted molar refractivity (Wildman–Crippen MR) is 79.2 cm³/mol. The molecule has 5 heteroatoms. The Labute approximate surface area is 118 Å². The number of hydrogen-bond acceptors (Lipinski definition) is 4. The molecule has 2 aromatic rings. The molecule has 0 saturated heterocycles. The van der Waals surface area contributed by atoms with E-state index < -0.39 is 0 Å². The van der Waals surface area contributed by atoms with Crippen LogP contribution in [-0.2, 0) is 7.05 Å². The van der Waals surface area contributed by atoms with Gasteiger partial charge in [0.15, 0.2) is 5.16 Å². The lowest BCUT2D eigenvalue weighted by Gasteiger charge is -2.24. The van der Waals surface area contributed by atoms with Gasteiger partial charge >= 0.3 is 0 Å². The van der Waals surface area contributed by atoms with E-state index >= 15 is 0 Å². The van der Waals surface area contributed by atoms with E-state index in [-0.39, 0.29) is 0 Å². The standard InChI is InChI=1S/C14H20N4S/c1-4-15-13(12-8-6-5-7-9-12)11(2)19-14-17-16-10-18(14)3/h5-11,13,15H,4H2,1-3H3. The molecule has 0 aliphatic rings. The van der Waals surface area contributed by atoms with Crippen LogP contribution in [0.2, 0.25) is 0 Å². The number of hydrogen-bond donors (Lipinski definition) is 1. The molecule has 0 spiro atoms. The van der Waals surface area contributed by atoms with E-state index in [4.69, 9.17) is 0 Å². The second-order valence-corrected chi connectivity index (χ2v) is 5.84. The summed E-state index contributed by atoms with van der Waals surface area (Å²) in [7, 11) is 1.97. The Morgan fingerprint density at radius 3 is 2.63 bits per heavy atom. The summed E-state index contributed by atoms with van der Waals surface area (Å²) < 4.78 is 1.95. The van der Waals surface area contributed by atoms with E-state index in [0.29, 0.717) is 11.3 Å². The number of aryl methyl sites for hydroxylation is 1. The smallest absolute Gasteiger partial charge is 0.191 e. The van der Waals surface area contributed by atoms with E-state index in [9.17, 15) is 0 Å². The third kappa shape index (κ3) is 3.58. The van der Waals surface area contributed by atoms with Crippen LogP contribution >= 0.6 is 11.8 Å². The largest absolute Gasteiger partial charge is 0.312 e. The minimum absolute atomic E-state index is 0.313. The van der Waals surface area contributed by atoms with Crippen molar-refractivity contribution in [2.45, 2.75) is 30.3 Å². The van der Waals surface area contributed by atoms with Crippen LogP contribution in [0.3, 0.4) is 0 Å². The second-order valence-electron chi connectivity index (χ2n) is 4.49. The number of rotatable bonds is 6. The van der Waals surface area contributed by atoms with Crippen LogP contribution in [-0.4, -0.2) is 26.6 Å². The summed E-state index contributed by atoms with van der Waals surface area (Å²) in [4.78, 5) is 0. The number of nitrogens with zero attached hydrogens (tertiary/aromatic N) is 3. The molecule has 0 saturated carbocycles. The molecule has 0 aliphatic carbocycles. The molecule has 1 aromatic heterocycles. The Balaban J connectivity index is 2.13. The van der Waals surface area contributed by atoms with Crippen LogP contribution in [0.4, 0.5) is 0 Å². The first-order valence-corrected chi connectivity index (χ1v) is 7.39. The molecule has 102 valence electrons. The van der Waals surface area contributed by atoms with Crippen molar-refractivity contribution in [3.05, 3.63) is 42.2 Å². The molecule has 4 nitrogen and oxygen atoms in total. The molecule has 1 heterocycles. The molecule has 2 atom stereocenters. The SMILES string of the molecule is CCNC(c1ccccc1)C(C)Sc1nncn1C. The maximum Gasteiger partial charge on any atom is 0.191 e. The Kier molecular flexibility index (Phi) is 4.99. The average molecular weight is 276 g/mol. The summed E-state index contributed by atoms with van der Waals surface area (Å²) in [6, 6.07) is 10.9. The topological polar surface area (TPSA) is 42.7 Å². The number of aromatic nitrogens is 3. The first-order chi connectivity index (χ1) is 9.22. The molecule has 0 aliphatic heterocycles. The molecule has 1 aromatic carbocycles. The van der Waals surface area contributed by atoms with Gasteiger partial charge in [-0.1, -0.05) is 55.9 Å². The van der Waals surface area contributed by atoms with Crippen molar-refractivity contribution < 1.29 is 0 Å². The summed E-state index contributed by atoms with van der Waals surface area (Å²) in [6.07, 6.45) is 1.74. The lowest BCUT2D eigenvalue weighted by Crippen LogP contribution is -2.28. The maximum absolute atomic E-state index is 4.14. The molecular weight excluding hydrogens is 256 g/mol. The molecule has 2 unspecified atom stereocenters.